The van der Waals surface area contributed by atoms with Crippen LogP contribution in [-0.2, 0) is 0 Å². The SMILES string of the molecule is CCCC(O)c1cc(Br)ccc1OC. The van der Waals surface area contributed by atoms with Crippen LogP contribution in [0, 0.1) is 0 Å². The van der Waals surface area contributed by atoms with Crippen LogP contribution in [0.25, 0.3) is 0 Å². The third-order valence-electron chi connectivity index (χ3n) is 2.11. The van der Waals surface area contributed by atoms with E-state index in [1.54, 1.807) is 7.11 Å². The Labute approximate surface area is 93.0 Å². The molecule has 0 bridgehead atoms. The fourth-order valence-corrected chi connectivity index (χ4v) is 1.77. The minimum atomic E-state index is -0.438. The molecule has 0 aliphatic rings. The maximum atomic E-state index is 9.86. The van der Waals surface area contributed by atoms with Gasteiger partial charge in [-0.05, 0) is 24.6 Å². The Bertz CT molecular complexity index is 299. The van der Waals surface area contributed by atoms with Gasteiger partial charge in [-0.2, -0.15) is 0 Å². The van der Waals surface area contributed by atoms with E-state index in [-0.39, 0.29) is 0 Å². The van der Waals surface area contributed by atoms with Crippen molar-refractivity contribution in [3.8, 4) is 5.75 Å². The molecule has 0 spiro atoms. The van der Waals surface area contributed by atoms with E-state index < -0.39 is 6.10 Å². The van der Waals surface area contributed by atoms with E-state index in [0.29, 0.717) is 0 Å². The molecule has 0 aromatic heterocycles. The lowest BCUT2D eigenvalue weighted by atomic mass is 10.0. The summed E-state index contributed by atoms with van der Waals surface area (Å²) in [7, 11) is 1.62. The maximum Gasteiger partial charge on any atom is 0.124 e. The van der Waals surface area contributed by atoms with Gasteiger partial charge in [-0.1, -0.05) is 29.3 Å². The Morgan fingerprint density at radius 1 is 1.50 bits per heavy atom. The van der Waals surface area contributed by atoms with Crippen LogP contribution in [0.1, 0.15) is 31.4 Å². The van der Waals surface area contributed by atoms with Gasteiger partial charge in [-0.3, -0.25) is 0 Å². The topological polar surface area (TPSA) is 29.5 Å². The van der Waals surface area contributed by atoms with Gasteiger partial charge in [0, 0.05) is 10.0 Å². The van der Waals surface area contributed by atoms with Crippen molar-refractivity contribution in [2.45, 2.75) is 25.9 Å². The van der Waals surface area contributed by atoms with E-state index in [4.69, 9.17) is 4.74 Å². The molecule has 0 radical (unpaired) electrons. The van der Waals surface area contributed by atoms with Gasteiger partial charge in [0.1, 0.15) is 5.75 Å². The Kier molecular flexibility index (Phi) is 4.42. The number of hydrogen-bond donors (Lipinski definition) is 1. The quantitative estimate of drug-likeness (QED) is 0.899. The second-order valence-corrected chi connectivity index (χ2v) is 4.11. The van der Waals surface area contributed by atoms with Gasteiger partial charge < -0.3 is 9.84 Å². The molecule has 1 aromatic rings. The summed E-state index contributed by atoms with van der Waals surface area (Å²) in [6.07, 6.45) is 1.27. The van der Waals surface area contributed by atoms with Gasteiger partial charge in [-0.25, -0.2) is 0 Å². The standard InChI is InChI=1S/C11H15BrO2/c1-3-4-10(13)9-7-8(12)5-6-11(9)14-2/h5-7,10,13H,3-4H2,1-2H3. The smallest absolute Gasteiger partial charge is 0.124 e. The molecule has 1 aromatic carbocycles. The second kappa shape index (κ2) is 5.37. The summed E-state index contributed by atoms with van der Waals surface area (Å²) < 4.78 is 6.15. The molecule has 1 unspecified atom stereocenters. The minimum Gasteiger partial charge on any atom is -0.496 e. The zero-order chi connectivity index (χ0) is 10.6. The first kappa shape index (κ1) is 11.5. The monoisotopic (exact) mass is 258 g/mol. The number of hydrogen-bond acceptors (Lipinski definition) is 2. The van der Waals surface area contributed by atoms with E-state index in [2.05, 4.69) is 15.9 Å². The minimum absolute atomic E-state index is 0.438. The maximum absolute atomic E-state index is 9.86. The fraction of sp³-hybridized carbons (Fsp3) is 0.455. The summed E-state index contributed by atoms with van der Waals surface area (Å²) >= 11 is 3.38. The molecule has 0 aliphatic heterocycles. The van der Waals surface area contributed by atoms with Gasteiger partial charge in [0.15, 0.2) is 0 Å². The first-order chi connectivity index (χ1) is 6.69. The molecule has 0 saturated heterocycles. The summed E-state index contributed by atoms with van der Waals surface area (Å²) in [5, 5.41) is 9.86. The normalized spacial score (nSPS) is 12.6. The number of aliphatic hydroxyl groups is 1. The molecule has 0 amide bonds. The van der Waals surface area contributed by atoms with Gasteiger partial charge in [0.05, 0.1) is 13.2 Å². The summed E-state index contributed by atoms with van der Waals surface area (Å²) in [5.74, 6) is 0.745. The molecular formula is C11H15BrO2. The predicted octanol–water partition coefficient (Wildman–Crippen LogP) is 3.29. The van der Waals surface area contributed by atoms with Crippen molar-refractivity contribution in [3.63, 3.8) is 0 Å². The molecule has 1 atom stereocenters. The molecule has 0 heterocycles. The van der Waals surface area contributed by atoms with Gasteiger partial charge in [0.25, 0.3) is 0 Å². The molecule has 2 nitrogen and oxygen atoms in total. The van der Waals surface area contributed by atoms with E-state index in [1.807, 2.05) is 25.1 Å². The lowest BCUT2D eigenvalue weighted by Crippen LogP contribution is -2.00. The van der Waals surface area contributed by atoms with Crippen LogP contribution in [0.5, 0.6) is 5.75 Å². The van der Waals surface area contributed by atoms with Crippen LogP contribution in [0.2, 0.25) is 0 Å². The van der Waals surface area contributed by atoms with Crippen LogP contribution >= 0.6 is 15.9 Å². The lowest BCUT2D eigenvalue weighted by Gasteiger charge is -2.14. The van der Waals surface area contributed by atoms with Crippen molar-refractivity contribution in [1.29, 1.82) is 0 Å². The lowest BCUT2D eigenvalue weighted by molar-refractivity contribution is 0.162. The Balaban J connectivity index is 2.97. The largest absolute Gasteiger partial charge is 0.496 e. The van der Waals surface area contributed by atoms with Crippen molar-refractivity contribution in [1.82, 2.24) is 0 Å². The van der Waals surface area contributed by atoms with E-state index in [9.17, 15) is 5.11 Å². The number of benzene rings is 1. The first-order valence-electron chi connectivity index (χ1n) is 4.70. The molecule has 1 rings (SSSR count). The third kappa shape index (κ3) is 2.72. The van der Waals surface area contributed by atoms with Crippen molar-refractivity contribution in [3.05, 3.63) is 28.2 Å². The number of ether oxygens (including phenoxy) is 1. The summed E-state index contributed by atoms with van der Waals surface area (Å²) in [4.78, 5) is 0. The van der Waals surface area contributed by atoms with E-state index in [0.717, 1.165) is 28.6 Å². The Morgan fingerprint density at radius 3 is 2.79 bits per heavy atom. The van der Waals surface area contributed by atoms with Crippen molar-refractivity contribution < 1.29 is 9.84 Å². The molecule has 14 heavy (non-hydrogen) atoms. The average Bonchev–Trinajstić information content (AvgIpc) is 2.18. The number of halogens is 1. The highest BCUT2D eigenvalue weighted by molar-refractivity contribution is 9.10. The van der Waals surface area contributed by atoms with Gasteiger partial charge >= 0.3 is 0 Å². The Morgan fingerprint density at radius 2 is 2.21 bits per heavy atom. The fourth-order valence-electron chi connectivity index (χ4n) is 1.39. The highest BCUT2D eigenvalue weighted by atomic mass is 79.9. The average molecular weight is 259 g/mol. The van der Waals surface area contributed by atoms with Crippen LogP contribution in [0.3, 0.4) is 0 Å². The van der Waals surface area contributed by atoms with Crippen LogP contribution in [0.15, 0.2) is 22.7 Å². The molecular weight excluding hydrogens is 244 g/mol. The summed E-state index contributed by atoms with van der Waals surface area (Å²) in [6, 6.07) is 5.67. The second-order valence-electron chi connectivity index (χ2n) is 3.19. The molecule has 0 aliphatic carbocycles. The van der Waals surface area contributed by atoms with Crippen LogP contribution in [0.4, 0.5) is 0 Å². The van der Waals surface area contributed by atoms with Crippen molar-refractivity contribution in [2.75, 3.05) is 7.11 Å². The highest BCUT2D eigenvalue weighted by Crippen LogP contribution is 2.30. The summed E-state index contributed by atoms with van der Waals surface area (Å²) in [6.45, 7) is 2.05. The van der Waals surface area contributed by atoms with Gasteiger partial charge in [0.2, 0.25) is 0 Å². The molecule has 0 saturated carbocycles. The van der Waals surface area contributed by atoms with Crippen LogP contribution in [-0.4, -0.2) is 12.2 Å². The third-order valence-corrected chi connectivity index (χ3v) is 2.61. The van der Waals surface area contributed by atoms with E-state index >= 15 is 0 Å². The number of rotatable bonds is 4. The zero-order valence-electron chi connectivity index (χ0n) is 8.46. The van der Waals surface area contributed by atoms with Crippen LogP contribution < -0.4 is 4.74 Å². The number of aliphatic hydroxyl groups excluding tert-OH is 1. The Hall–Kier alpha value is -0.540. The molecule has 78 valence electrons. The van der Waals surface area contributed by atoms with Crippen molar-refractivity contribution in [2.24, 2.45) is 0 Å². The zero-order valence-corrected chi connectivity index (χ0v) is 10.0. The number of methoxy groups -OCH3 is 1. The van der Waals surface area contributed by atoms with E-state index in [1.165, 1.54) is 0 Å². The summed E-state index contributed by atoms with van der Waals surface area (Å²) in [5.41, 5.74) is 0.851. The molecule has 1 N–H and O–H groups in total. The first-order valence-corrected chi connectivity index (χ1v) is 5.49. The molecule has 3 heteroatoms. The van der Waals surface area contributed by atoms with Gasteiger partial charge in [-0.15, -0.1) is 0 Å². The highest BCUT2D eigenvalue weighted by Gasteiger charge is 2.12. The predicted molar refractivity (Wildman–Crippen MR) is 60.6 cm³/mol. The molecule has 0 fully saturated rings. The van der Waals surface area contributed by atoms with Crippen molar-refractivity contribution >= 4 is 15.9 Å².